The highest BCUT2D eigenvalue weighted by atomic mass is 32.2. The molecule has 0 fully saturated rings. The van der Waals surface area contributed by atoms with Crippen LogP contribution in [0.3, 0.4) is 0 Å². The number of nitrogens with zero attached hydrogens (tertiary/aromatic N) is 1. The molecule has 2 aromatic carbocycles. The largest absolute Gasteiger partial charge is 0.743 e. The van der Waals surface area contributed by atoms with Crippen LogP contribution in [0.15, 0.2) is 41.3 Å². The standard InChI is InChI=1S/C12H12NO2S.C8HF17O3S/c1-16(2)12-8-7-11(13(14)15)9-5-3-4-6-10(9)12;9-1(10,3(13,14)5(17,18)7(21,22)23)2(11,12)4(15,16)6(19,20)8(24,25)29(26,27)28/h3-8H,1-2H3;(H,26,27,28)/q+1;/p-1. The Morgan fingerprint density at radius 3 is 1.29 bits per heavy atom. The smallest absolute Gasteiger partial charge is 0.460 e. The zero-order valence-corrected chi connectivity index (χ0v) is 22.8. The highest BCUT2D eigenvalue weighted by Crippen LogP contribution is 2.64. The van der Waals surface area contributed by atoms with Crippen LogP contribution < -0.4 is 0 Å². The Balaban J connectivity index is 0.000000526. The first-order chi connectivity index (χ1) is 19.6. The van der Waals surface area contributed by atoms with Gasteiger partial charge in [-0.05, 0) is 12.1 Å². The van der Waals surface area contributed by atoms with Crippen molar-refractivity contribution in [2.24, 2.45) is 0 Å². The summed E-state index contributed by atoms with van der Waals surface area (Å²) in [5.41, 5.74) is 0.185. The fourth-order valence-corrected chi connectivity index (χ4v) is 4.48. The predicted molar refractivity (Wildman–Crippen MR) is 118 cm³/mol. The van der Waals surface area contributed by atoms with E-state index in [2.05, 4.69) is 12.5 Å². The van der Waals surface area contributed by atoms with E-state index < -0.39 is 57.1 Å². The minimum Gasteiger partial charge on any atom is -0.743 e. The average molecular weight is 733 g/mol. The van der Waals surface area contributed by atoms with E-state index in [1.165, 1.54) is 4.90 Å². The van der Waals surface area contributed by atoms with E-state index in [1.54, 1.807) is 6.07 Å². The van der Waals surface area contributed by atoms with E-state index in [-0.39, 0.29) is 21.5 Å². The predicted octanol–water partition coefficient (Wildman–Crippen LogP) is 7.48. The van der Waals surface area contributed by atoms with Gasteiger partial charge in [0.1, 0.15) is 12.5 Å². The Hall–Kier alpha value is -2.83. The van der Waals surface area contributed by atoms with Crippen molar-refractivity contribution >= 4 is 37.5 Å². The van der Waals surface area contributed by atoms with Crippen LogP contribution in [-0.2, 0) is 21.0 Å². The molecule has 0 N–H and O–H groups in total. The van der Waals surface area contributed by atoms with E-state index in [0.717, 1.165) is 10.8 Å². The van der Waals surface area contributed by atoms with Crippen molar-refractivity contribution in [3.63, 3.8) is 0 Å². The van der Waals surface area contributed by atoms with Crippen LogP contribution in [-0.4, -0.2) is 77.4 Å². The molecule has 0 saturated heterocycles. The molecule has 258 valence electrons. The van der Waals surface area contributed by atoms with Crippen LogP contribution in [0.25, 0.3) is 10.8 Å². The SMILES string of the molecule is C[S+](C)c1ccc([N+](=O)[O-])c2ccccc12.O=S(=O)([O-])C(F)(F)C(F)(F)C(F)(F)C(F)(F)C(F)(F)C(F)(F)C(F)(F)C(F)(F)F. The molecule has 0 amide bonds. The lowest BCUT2D eigenvalue weighted by Gasteiger charge is -2.42. The molecule has 0 heterocycles. The molecule has 6 nitrogen and oxygen atoms in total. The second kappa shape index (κ2) is 11.8. The molecule has 2 aromatic rings. The van der Waals surface area contributed by atoms with Crippen molar-refractivity contribution < 1.29 is 92.5 Å². The Kier molecular flexibility index (Phi) is 10.5. The van der Waals surface area contributed by atoms with Crippen molar-refractivity contribution in [2.75, 3.05) is 12.5 Å². The molecule has 45 heavy (non-hydrogen) atoms. The molecule has 0 radical (unpaired) electrons. The summed E-state index contributed by atoms with van der Waals surface area (Å²) in [5.74, 6) is -52.1. The lowest BCUT2D eigenvalue weighted by Crippen LogP contribution is -2.75. The summed E-state index contributed by atoms with van der Waals surface area (Å²) in [4.78, 5) is 11.8. The molecule has 0 unspecified atom stereocenters. The van der Waals surface area contributed by atoms with Crippen molar-refractivity contribution in [1.82, 2.24) is 0 Å². The third kappa shape index (κ3) is 6.17. The number of fused-ring (bicyclic) bond motifs is 1. The number of nitro groups is 1. The van der Waals surface area contributed by atoms with E-state index in [4.69, 9.17) is 0 Å². The number of hydrogen-bond acceptors (Lipinski definition) is 5. The first-order valence-electron chi connectivity index (χ1n) is 10.5. The fourth-order valence-electron chi connectivity index (χ4n) is 3.08. The van der Waals surface area contributed by atoms with Gasteiger partial charge in [-0.1, -0.05) is 12.1 Å². The van der Waals surface area contributed by atoms with Crippen LogP contribution >= 0.6 is 0 Å². The maximum Gasteiger partial charge on any atom is 0.460 e. The number of non-ortho nitro benzene ring substituents is 1. The molecular formula is C20H12F17NO5S2. The summed E-state index contributed by atoms with van der Waals surface area (Å²) < 4.78 is 244. The average Bonchev–Trinajstić information content (AvgIpc) is 2.86. The van der Waals surface area contributed by atoms with Gasteiger partial charge in [-0.2, -0.15) is 74.6 Å². The summed E-state index contributed by atoms with van der Waals surface area (Å²) in [6.07, 6.45) is -3.66. The van der Waals surface area contributed by atoms with Gasteiger partial charge in [-0.3, -0.25) is 10.1 Å². The fraction of sp³-hybridized carbons (Fsp3) is 0.500. The lowest BCUT2D eigenvalue weighted by atomic mass is 9.91. The second-order valence-corrected chi connectivity index (χ2v) is 12.1. The quantitative estimate of drug-likeness (QED) is 0.0875. The number of alkyl halides is 17. The summed E-state index contributed by atoms with van der Waals surface area (Å²) in [6, 6.07) is 11.0. The number of nitro benzene ring substituents is 1. The monoisotopic (exact) mass is 733 g/mol. The zero-order chi connectivity index (χ0) is 36.2. The third-order valence-electron chi connectivity index (χ3n) is 5.50. The van der Waals surface area contributed by atoms with Gasteiger partial charge in [0.25, 0.3) is 5.69 Å². The Morgan fingerprint density at radius 1 is 0.600 bits per heavy atom. The van der Waals surface area contributed by atoms with Gasteiger partial charge in [-0.25, -0.2) is 8.42 Å². The van der Waals surface area contributed by atoms with Crippen molar-refractivity contribution in [3.05, 3.63) is 46.5 Å². The molecule has 2 rings (SSSR count). The highest BCUT2D eigenvalue weighted by molar-refractivity contribution is 7.95. The van der Waals surface area contributed by atoms with E-state index in [1.807, 2.05) is 30.3 Å². The van der Waals surface area contributed by atoms with Crippen molar-refractivity contribution in [1.29, 1.82) is 0 Å². The zero-order valence-electron chi connectivity index (χ0n) is 21.2. The first-order valence-corrected chi connectivity index (χ1v) is 14.0. The van der Waals surface area contributed by atoms with Crippen molar-refractivity contribution in [3.8, 4) is 0 Å². The maximum absolute atomic E-state index is 13.0. The molecule has 0 aromatic heterocycles. The topological polar surface area (TPSA) is 100 Å². The van der Waals surface area contributed by atoms with Gasteiger partial charge in [-0.15, -0.1) is 0 Å². The molecule has 0 aliphatic rings. The minimum atomic E-state index is -8.92. The van der Waals surface area contributed by atoms with Crippen LogP contribution in [0.5, 0.6) is 0 Å². The number of benzene rings is 2. The molecule has 0 atom stereocenters. The van der Waals surface area contributed by atoms with Crippen LogP contribution in [0.1, 0.15) is 0 Å². The molecule has 25 heteroatoms. The summed E-state index contributed by atoms with van der Waals surface area (Å²) in [7, 11) is -8.04. The van der Waals surface area contributed by atoms with Gasteiger partial charge in [0.15, 0.2) is 15.0 Å². The van der Waals surface area contributed by atoms with E-state index >= 15 is 0 Å². The number of hydrogen-bond donors (Lipinski definition) is 0. The van der Waals surface area contributed by atoms with Gasteiger partial charge in [0.05, 0.1) is 10.3 Å². The normalized spacial score (nSPS) is 14.8. The van der Waals surface area contributed by atoms with Gasteiger partial charge in [0.2, 0.25) is 0 Å². The Morgan fingerprint density at radius 2 is 0.956 bits per heavy atom. The van der Waals surface area contributed by atoms with Crippen LogP contribution in [0.4, 0.5) is 80.3 Å². The number of rotatable bonds is 9. The van der Waals surface area contributed by atoms with Gasteiger partial charge in [0, 0.05) is 28.4 Å². The Bertz CT molecular complexity index is 1530. The number of halogens is 17. The Labute approximate surface area is 241 Å². The highest BCUT2D eigenvalue weighted by Gasteiger charge is 2.95. The molecule has 0 saturated carbocycles. The summed E-state index contributed by atoms with van der Waals surface area (Å²) >= 11 is 0. The van der Waals surface area contributed by atoms with Crippen LogP contribution in [0.2, 0.25) is 0 Å². The molecule has 0 spiro atoms. The van der Waals surface area contributed by atoms with E-state index in [9.17, 15) is 97.7 Å². The molecule has 0 aliphatic carbocycles. The van der Waals surface area contributed by atoms with Crippen molar-refractivity contribution in [2.45, 2.75) is 51.9 Å². The second-order valence-electron chi connectivity index (χ2n) is 8.62. The van der Waals surface area contributed by atoms with Gasteiger partial charge < -0.3 is 4.55 Å². The first kappa shape index (κ1) is 40.2. The van der Waals surface area contributed by atoms with Gasteiger partial charge >= 0.3 is 47.0 Å². The maximum atomic E-state index is 13.0. The molecule has 0 aliphatic heterocycles. The minimum absolute atomic E-state index is 0.102. The lowest BCUT2D eigenvalue weighted by molar-refractivity contribution is -0.458. The molecule has 0 bridgehead atoms. The van der Waals surface area contributed by atoms with Crippen LogP contribution in [0, 0.1) is 10.1 Å². The summed E-state index contributed by atoms with van der Waals surface area (Å²) in [6.45, 7) is 0. The molecular weight excluding hydrogens is 721 g/mol. The summed E-state index contributed by atoms with van der Waals surface area (Å²) in [5, 5.41) is 4.67. The third-order valence-corrected chi connectivity index (χ3v) is 7.62. The van der Waals surface area contributed by atoms with E-state index in [0.29, 0.717) is 0 Å².